The molecule has 0 bridgehead atoms. The summed E-state index contributed by atoms with van der Waals surface area (Å²) in [6.07, 6.45) is 0.418. The topological polar surface area (TPSA) is 61.8 Å². The summed E-state index contributed by atoms with van der Waals surface area (Å²) in [6.45, 7) is 0.787. The fourth-order valence-corrected chi connectivity index (χ4v) is 2.37. The third-order valence-electron chi connectivity index (χ3n) is 3.64. The normalized spacial score (nSPS) is 19.2. The Hall–Kier alpha value is -1.88. The molecule has 1 aromatic rings. The average molecular weight is 278 g/mol. The van der Waals surface area contributed by atoms with Crippen molar-refractivity contribution in [3.8, 4) is 0 Å². The van der Waals surface area contributed by atoms with Crippen molar-refractivity contribution < 1.29 is 23.8 Å². The number of ether oxygens (including phenoxy) is 3. The van der Waals surface area contributed by atoms with E-state index in [0.717, 1.165) is 5.56 Å². The van der Waals surface area contributed by atoms with Crippen LogP contribution in [-0.2, 0) is 30.4 Å². The van der Waals surface area contributed by atoms with Gasteiger partial charge in [-0.15, -0.1) is 0 Å². The number of benzene rings is 1. The second-order valence-corrected chi connectivity index (χ2v) is 4.86. The van der Waals surface area contributed by atoms with Crippen LogP contribution in [0, 0.1) is 11.3 Å². The molecule has 1 atom stereocenters. The Morgan fingerprint density at radius 1 is 1.15 bits per heavy atom. The van der Waals surface area contributed by atoms with E-state index in [1.165, 1.54) is 14.2 Å². The summed E-state index contributed by atoms with van der Waals surface area (Å²) in [5, 5.41) is 0. The first-order valence-electron chi connectivity index (χ1n) is 6.43. The van der Waals surface area contributed by atoms with E-state index in [9.17, 15) is 9.59 Å². The third-order valence-corrected chi connectivity index (χ3v) is 3.64. The molecule has 0 N–H and O–H groups in total. The summed E-state index contributed by atoms with van der Waals surface area (Å²) < 4.78 is 15.0. The first kappa shape index (κ1) is 14.5. The zero-order valence-electron chi connectivity index (χ0n) is 11.6. The lowest BCUT2D eigenvalue weighted by atomic mass is 10.1. The van der Waals surface area contributed by atoms with E-state index in [4.69, 9.17) is 14.2 Å². The number of carbonyl (C=O) groups excluding carboxylic acids is 2. The van der Waals surface area contributed by atoms with Crippen molar-refractivity contribution in [3.05, 3.63) is 35.9 Å². The zero-order chi connectivity index (χ0) is 14.6. The first-order chi connectivity index (χ1) is 9.65. The second-order valence-electron chi connectivity index (χ2n) is 4.86. The number of hydrogen-bond donors (Lipinski definition) is 0. The molecule has 0 saturated heterocycles. The second kappa shape index (κ2) is 6.05. The van der Waals surface area contributed by atoms with Crippen LogP contribution in [0.1, 0.15) is 12.0 Å². The van der Waals surface area contributed by atoms with Gasteiger partial charge in [0.15, 0.2) is 5.41 Å². The fourth-order valence-electron chi connectivity index (χ4n) is 2.37. The highest BCUT2D eigenvalue weighted by Crippen LogP contribution is 2.54. The molecule has 0 aliphatic heterocycles. The Morgan fingerprint density at radius 2 is 1.75 bits per heavy atom. The zero-order valence-corrected chi connectivity index (χ0v) is 11.6. The molecule has 1 aliphatic carbocycles. The molecule has 5 heteroatoms. The molecule has 1 fully saturated rings. The van der Waals surface area contributed by atoms with Gasteiger partial charge >= 0.3 is 11.9 Å². The molecule has 1 aromatic carbocycles. The molecule has 0 amide bonds. The molecule has 0 aromatic heterocycles. The molecule has 0 spiro atoms. The lowest BCUT2D eigenvalue weighted by molar-refractivity contribution is -0.162. The van der Waals surface area contributed by atoms with Crippen LogP contribution in [0.4, 0.5) is 0 Å². The molecular weight excluding hydrogens is 260 g/mol. The molecule has 5 nitrogen and oxygen atoms in total. The van der Waals surface area contributed by atoms with Crippen LogP contribution in [0.3, 0.4) is 0 Å². The highest BCUT2D eigenvalue weighted by molar-refractivity contribution is 6.03. The fraction of sp³-hybridized carbons (Fsp3) is 0.467. The smallest absolute Gasteiger partial charge is 0.323 e. The Kier molecular flexibility index (Phi) is 4.39. The van der Waals surface area contributed by atoms with Gasteiger partial charge in [0.2, 0.25) is 0 Å². The van der Waals surface area contributed by atoms with Gasteiger partial charge in [0, 0.05) is 5.92 Å². The SMILES string of the molecule is COC(=O)C1(C(=O)OC)C[C@H]1COCc1ccccc1. The van der Waals surface area contributed by atoms with Crippen molar-refractivity contribution in [2.24, 2.45) is 11.3 Å². The van der Waals surface area contributed by atoms with Crippen LogP contribution >= 0.6 is 0 Å². The van der Waals surface area contributed by atoms with Gasteiger partial charge in [-0.1, -0.05) is 30.3 Å². The third kappa shape index (κ3) is 2.67. The Bertz CT molecular complexity index is 466. The minimum absolute atomic E-state index is 0.175. The minimum atomic E-state index is -1.17. The molecule has 0 unspecified atom stereocenters. The summed E-state index contributed by atoms with van der Waals surface area (Å²) in [5.74, 6) is -1.26. The van der Waals surface area contributed by atoms with Crippen molar-refractivity contribution >= 4 is 11.9 Å². The summed E-state index contributed by atoms with van der Waals surface area (Å²) in [4.78, 5) is 23.5. The van der Waals surface area contributed by atoms with Crippen molar-refractivity contribution in [2.45, 2.75) is 13.0 Å². The van der Waals surface area contributed by atoms with E-state index in [2.05, 4.69) is 0 Å². The van der Waals surface area contributed by atoms with Crippen LogP contribution in [0.2, 0.25) is 0 Å². The predicted octanol–water partition coefficient (Wildman–Crippen LogP) is 1.56. The van der Waals surface area contributed by atoms with Crippen LogP contribution in [0.15, 0.2) is 30.3 Å². The molecular formula is C15H18O5. The molecule has 1 aliphatic rings. The molecule has 20 heavy (non-hydrogen) atoms. The lowest BCUT2D eigenvalue weighted by Crippen LogP contribution is -2.31. The van der Waals surface area contributed by atoms with Gasteiger partial charge in [0.05, 0.1) is 27.4 Å². The number of carbonyl (C=O) groups is 2. The number of methoxy groups -OCH3 is 2. The first-order valence-corrected chi connectivity index (χ1v) is 6.43. The molecule has 1 saturated carbocycles. The van der Waals surface area contributed by atoms with Gasteiger partial charge in [-0.2, -0.15) is 0 Å². The monoisotopic (exact) mass is 278 g/mol. The number of hydrogen-bond acceptors (Lipinski definition) is 5. The van der Waals surface area contributed by atoms with E-state index < -0.39 is 17.4 Å². The van der Waals surface area contributed by atoms with Gasteiger partial charge in [-0.3, -0.25) is 9.59 Å². The van der Waals surface area contributed by atoms with Crippen molar-refractivity contribution in [3.63, 3.8) is 0 Å². The molecule has 2 rings (SSSR count). The summed E-state index contributed by atoms with van der Waals surface area (Å²) in [5.41, 5.74) is -0.116. The average Bonchev–Trinajstić information content (AvgIpc) is 3.22. The maximum atomic E-state index is 11.8. The van der Waals surface area contributed by atoms with Gasteiger partial charge < -0.3 is 14.2 Å². The van der Waals surface area contributed by atoms with E-state index in [1.807, 2.05) is 30.3 Å². The van der Waals surface area contributed by atoms with Gasteiger partial charge in [-0.05, 0) is 12.0 Å². The Labute approximate surface area is 117 Å². The van der Waals surface area contributed by atoms with E-state index in [-0.39, 0.29) is 5.92 Å². The van der Waals surface area contributed by atoms with Crippen molar-refractivity contribution in [1.29, 1.82) is 0 Å². The summed E-state index contributed by atoms with van der Waals surface area (Å²) >= 11 is 0. The maximum absolute atomic E-state index is 11.8. The summed E-state index contributed by atoms with van der Waals surface area (Å²) in [6, 6.07) is 9.72. The molecule has 0 heterocycles. The standard InChI is InChI=1S/C15H18O5/c1-18-13(16)15(14(17)19-2)8-12(15)10-20-9-11-6-4-3-5-7-11/h3-7,12H,8-10H2,1-2H3/t12-/m0/s1. The Balaban J connectivity index is 1.88. The molecule has 0 radical (unpaired) electrons. The van der Waals surface area contributed by atoms with E-state index in [0.29, 0.717) is 19.6 Å². The predicted molar refractivity (Wildman–Crippen MR) is 70.7 cm³/mol. The molecule has 108 valence electrons. The number of rotatable bonds is 6. The van der Waals surface area contributed by atoms with Gasteiger partial charge in [0.25, 0.3) is 0 Å². The van der Waals surface area contributed by atoms with Gasteiger partial charge in [0.1, 0.15) is 0 Å². The highest BCUT2D eigenvalue weighted by Gasteiger charge is 2.67. The largest absolute Gasteiger partial charge is 0.468 e. The lowest BCUT2D eigenvalue weighted by Gasteiger charge is -2.12. The van der Waals surface area contributed by atoms with E-state index >= 15 is 0 Å². The minimum Gasteiger partial charge on any atom is -0.468 e. The number of esters is 2. The van der Waals surface area contributed by atoms with E-state index in [1.54, 1.807) is 0 Å². The van der Waals surface area contributed by atoms with Crippen LogP contribution in [0.25, 0.3) is 0 Å². The maximum Gasteiger partial charge on any atom is 0.323 e. The van der Waals surface area contributed by atoms with Crippen LogP contribution in [-0.4, -0.2) is 32.8 Å². The summed E-state index contributed by atoms with van der Waals surface area (Å²) in [7, 11) is 2.54. The van der Waals surface area contributed by atoms with Crippen molar-refractivity contribution in [2.75, 3.05) is 20.8 Å². The van der Waals surface area contributed by atoms with Crippen LogP contribution < -0.4 is 0 Å². The van der Waals surface area contributed by atoms with Crippen molar-refractivity contribution in [1.82, 2.24) is 0 Å². The Morgan fingerprint density at radius 3 is 2.30 bits per heavy atom. The highest BCUT2D eigenvalue weighted by atomic mass is 16.5. The van der Waals surface area contributed by atoms with Crippen LogP contribution in [0.5, 0.6) is 0 Å². The quantitative estimate of drug-likeness (QED) is 0.583. The van der Waals surface area contributed by atoms with Gasteiger partial charge in [-0.25, -0.2) is 0 Å².